The number of hydrogen-bond donors (Lipinski definition) is 1. The van der Waals surface area contributed by atoms with E-state index in [1.54, 1.807) is 0 Å². The van der Waals surface area contributed by atoms with Crippen molar-refractivity contribution in [1.82, 2.24) is 0 Å². The van der Waals surface area contributed by atoms with Gasteiger partial charge >= 0.3 is 5.97 Å². The minimum absolute atomic E-state index is 0.135. The Balaban J connectivity index is 2.59. The molecule has 0 atom stereocenters. The average molecular weight is 180 g/mol. The van der Waals surface area contributed by atoms with Crippen molar-refractivity contribution in [3.8, 4) is 0 Å². The molecule has 1 aliphatic heterocycles. The maximum atomic E-state index is 11.0. The molecular weight excluding hydrogens is 172 g/mol. The molecule has 1 fully saturated rings. The highest BCUT2D eigenvalue weighted by atomic mass is 32.2. The van der Waals surface area contributed by atoms with Crippen LogP contribution in [0.5, 0.6) is 0 Å². The van der Waals surface area contributed by atoms with Gasteiger partial charge in [-0.15, -0.1) is 0 Å². The second-order valence-electron chi connectivity index (χ2n) is 2.36. The smallest absolute Gasteiger partial charge is 0.318 e. The third kappa shape index (κ3) is 1.90. The predicted octanol–water partition coefficient (Wildman–Crippen LogP) is -1.12. The standard InChI is InChI=1S/C5H8O5S/c6-5(7)3-11(8,9)4-1-10-2-4/h4H,1-3H2,(H,6,7). The van der Waals surface area contributed by atoms with Crippen molar-refractivity contribution in [1.29, 1.82) is 0 Å². The zero-order chi connectivity index (χ0) is 8.48. The molecule has 64 valence electrons. The molecule has 1 N–H and O–H groups in total. The van der Waals surface area contributed by atoms with E-state index >= 15 is 0 Å². The largest absolute Gasteiger partial charge is 0.480 e. The normalized spacial score (nSPS) is 19.3. The maximum absolute atomic E-state index is 11.0. The van der Waals surface area contributed by atoms with E-state index in [-0.39, 0.29) is 13.2 Å². The monoisotopic (exact) mass is 180 g/mol. The Labute approximate surface area is 63.9 Å². The van der Waals surface area contributed by atoms with Crippen LogP contribution in [0, 0.1) is 0 Å². The van der Waals surface area contributed by atoms with Gasteiger partial charge in [-0.25, -0.2) is 8.42 Å². The van der Waals surface area contributed by atoms with E-state index in [4.69, 9.17) is 5.11 Å². The lowest BCUT2D eigenvalue weighted by molar-refractivity contribution is -0.134. The zero-order valence-corrected chi connectivity index (χ0v) is 6.50. The topological polar surface area (TPSA) is 80.7 Å². The van der Waals surface area contributed by atoms with E-state index in [0.29, 0.717) is 0 Å². The van der Waals surface area contributed by atoms with Crippen LogP contribution in [0.2, 0.25) is 0 Å². The SMILES string of the molecule is O=C(O)CS(=O)(=O)C1COC1. The highest BCUT2D eigenvalue weighted by Gasteiger charge is 2.33. The molecule has 1 aliphatic rings. The second kappa shape index (κ2) is 2.78. The lowest BCUT2D eigenvalue weighted by atomic mass is 10.4. The van der Waals surface area contributed by atoms with E-state index < -0.39 is 26.8 Å². The molecular formula is C5H8O5S. The van der Waals surface area contributed by atoms with E-state index in [9.17, 15) is 13.2 Å². The molecule has 1 rings (SSSR count). The number of carboxylic acid groups (broad SMARTS) is 1. The summed E-state index contributed by atoms with van der Waals surface area (Å²) in [6.45, 7) is 0.269. The van der Waals surface area contributed by atoms with Gasteiger partial charge in [0, 0.05) is 0 Å². The van der Waals surface area contributed by atoms with Crippen molar-refractivity contribution >= 4 is 15.8 Å². The molecule has 1 saturated heterocycles. The van der Waals surface area contributed by atoms with Crippen LogP contribution >= 0.6 is 0 Å². The van der Waals surface area contributed by atoms with Gasteiger partial charge in [0.15, 0.2) is 9.84 Å². The van der Waals surface area contributed by atoms with Crippen LogP contribution in [0.3, 0.4) is 0 Å². The molecule has 0 aromatic heterocycles. The van der Waals surface area contributed by atoms with Crippen molar-refractivity contribution in [2.45, 2.75) is 5.25 Å². The summed E-state index contributed by atoms with van der Waals surface area (Å²) in [6, 6.07) is 0. The highest BCUT2D eigenvalue weighted by molar-refractivity contribution is 7.92. The van der Waals surface area contributed by atoms with E-state index in [0.717, 1.165) is 0 Å². The van der Waals surface area contributed by atoms with Crippen molar-refractivity contribution in [3.63, 3.8) is 0 Å². The van der Waals surface area contributed by atoms with Gasteiger partial charge in [0.05, 0.1) is 13.2 Å². The number of carboxylic acids is 1. The molecule has 0 saturated carbocycles. The highest BCUT2D eigenvalue weighted by Crippen LogP contribution is 2.12. The first kappa shape index (κ1) is 8.48. The van der Waals surface area contributed by atoms with Crippen molar-refractivity contribution < 1.29 is 23.1 Å². The summed E-state index contributed by atoms with van der Waals surface area (Å²) in [4.78, 5) is 10.0. The van der Waals surface area contributed by atoms with Crippen LogP contribution in [0.1, 0.15) is 0 Å². The second-order valence-corrected chi connectivity index (χ2v) is 4.64. The molecule has 0 aromatic carbocycles. The molecule has 5 nitrogen and oxygen atoms in total. The number of carbonyl (C=O) groups is 1. The Bertz CT molecular complexity index is 250. The lowest BCUT2D eigenvalue weighted by Crippen LogP contribution is -2.43. The molecule has 0 aromatic rings. The van der Waals surface area contributed by atoms with Gasteiger partial charge in [-0.1, -0.05) is 0 Å². The number of aliphatic carboxylic acids is 1. The van der Waals surface area contributed by atoms with Crippen molar-refractivity contribution in [2.24, 2.45) is 0 Å². The summed E-state index contributed by atoms with van der Waals surface area (Å²) in [5.41, 5.74) is 0. The molecule has 6 heteroatoms. The molecule has 0 amide bonds. The third-order valence-electron chi connectivity index (χ3n) is 1.44. The number of rotatable bonds is 3. The molecule has 0 bridgehead atoms. The molecule has 0 spiro atoms. The van der Waals surface area contributed by atoms with Crippen LogP contribution in [0.4, 0.5) is 0 Å². The van der Waals surface area contributed by atoms with E-state index in [2.05, 4.69) is 4.74 Å². The van der Waals surface area contributed by atoms with Gasteiger partial charge in [-0.3, -0.25) is 4.79 Å². The first-order chi connectivity index (χ1) is 5.02. The van der Waals surface area contributed by atoms with Gasteiger partial charge in [-0.2, -0.15) is 0 Å². The summed E-state index contributed by atoms with van der Waals surface area (Å²) in [6.07, 6.45) is 0. The fourth-order valence-corrected chi connectivity index (χ4v) is 1.90. The minimum atomic E-state index is -3.45. The Morgan fingerprint density at radius 1 is 1.55 bits per heavy atom. The number of hydrogen-bond acceptors (Lipinski definition) is 4. The van der Waals surface area contributed by atoms with Gasteiger partial charge in [0.2, 0.25) is 0 Å². The zero-order valence-electron chi connectivity index (χ0n) is 5.69. The van der Waals surface area contributed by atoms with E-state index in [1.165, 1.54) is 0 Å². The lowest BCUT2D eigenvalue weighted by Gasteiger charge is -2.24. The van der Waals surface area contributed by atoms with Gasteiger partial charge in [-0.05, 0) is 0 Å². The van der Waals surface area contributed by atoms with Crippen LogP contribution in [0.15, 0.2) is 0 Å². The molecule has 0 radical (unpaired) electrons. The summed E-state index contributed by atoms with van der Waals surface area (Å²) in [7, 11) is -3.45. The fraction of sp³-hybridized carbons (Fsp3) is 0.800. The van der Waals surface area contributed by atoms with Gasteiger partial charge in [0.1, 0.15) is 11.0 Å². The van der Waals surface area contributed by atoms with Crippen LogP contribution in [-0.4, -0.2) is 43.7 Å². The Hall–Kier alpha value is -0.620. The first-order valence-corrected chi connectivity index (χ1v) is 4.75. The Morgan fingerprint density at radius 3 is 2.36 bits per heavy atom. The first-order valence-electron chi connectivity index (χ1n) is 3.03. The van der Waals surface area contributed by atoms with Crippen LogP contribution in [-0.2, 0) is 19.4 Å². The summed E-state index contributed by atoms with van der Waals surface area (Å²) < 4.78 is 26.6. The molecule has 11 heavy (non-hydrogen) atoms. The quantitative estimate of drug-likeness (QED) is 0.595. The summed E-state index contributed by atoms with van der Waals surface area (Å²) in [5.74, 6) is -2.10. The fourth-order valence-electron chi connectivity index (χ4n) is 0.711. The minimum Gasteiger partial charge on any atom is -0.480 e. The van der Waals surface area contributed by atoms with Crippen molar-refractivity contribution in [3.05, 3.63) is 0 Å². The molecule has 0 aliphatic carbocycles. The average Bonchev–Trinajstić information content (AvgIpc) is 1.50. The van der Waals surface area contributed by atoms with Gasteiger partial charge in [0.25, 0.3) is 0 Å². The predicted molar refractivity (Wildman–Crippen MR) is 36.0 cm³/mol. The van der Waals surface area contributed by atoms with Crippen LogP contribution in [0.25, 0.3) is 0 Å². The molecule has 0 unspecified atom stereocenters. The summed E-state index contributed by atoms with van der Waals surface area (Å²) in [5, 5.41) is 7.60. The van der Waals surface area contributed by atoms with Gasteiger partial charge < -0.3 is 9.84 Å². The van der Waals surface area contributed by atoms with Crippen molar-refractivity contribution in [2.75, 3.05) is 19.0 Å². The number of ether oxygens (including phenoxy) is 1. The molecule has 1 heterocycles. The third-order valence-corrected chi connectivity index (χ3v) is 3.38. The Kier molecular flexibility index (Phi) is 2.15. The summed E-state index contributed by atoms with van der Waals surface area (Å²) >= 11 is 0. The Morgan fingerprint density at radius 2 is 2.09 bits per heavy atom. The number of sulfone groups is 1. The maximum Gasteiger partial charge on any atom is 0.318 e. The van der Waals surface area contributed by atoms with E-state index in [1.807, 2.05) is 0 Å². The van der Waals surface area contributed by atoms with Crippen LogP contribution < -0.4 is 0 Å².